The van der Waals surface area contributed by atoms with Crippen molar-refractivity contribution in [2.45, 2.75) is 90.4 Å². The molecule has 27 heavy (non-hydrogen) atoms. The number of aliphatic hydroxyl groups excluding tert-OH is 1. The summed E-state index contributed by atoms with van der Waals surface area (Å²) >= 11 is 0. The molecule has 1 saturated heterocycles. The summed E-state index contributed by atoms with van der Waals surface area (Å²) in [6.07, 6.45) is 2.16. The van der Waals surface area contributed by atoms with Crippen LogP contribution in [0.1, 0.15) is 75.1 Å². The molecule has 2 unspecified atom stereocenters. The lowest BCUT2D eigenvalue weighted by molar-refractivity contribution is -0.160. The van der Waals surface area contributed by atoms with Crippen LogP contribution < -0.4 is 10.1 Å². The molecule has 5 heteroatoms. The third kappa shape index (κ3) is 3.93. The number of aliphatic hydroxyl groups is 1. The minimum Gasteiger partial charge on any atom is -0.487 e. The number of carbonyl (C=O) groups excluding carboxylic acids is 1. The number of benzene rings is 1. The predicted octanol–water partition coefficient (Wildman–Crippen LogP) is 3.87. The summed E-state index contributed by atoms with van der Waals surface area (Å²) in [7, 11) is 1.98. The Labute approximate surface area is 162 Å². The van der Waals surface area contributed by atoms with Crippen LogP contribution in [-0.4, -0.2) is 35.9 Å². The maximum atomic E-state index is 11.7. The molecule has 2 aliphatic rings. The largest absolute Gasteiger partial charge is 0.487 e. The van der Waals surface area contributed by atoms with Crippen LogP contribution in [0, 0.1) is 6.92 Å². The Hall–Kier alpha value is -1.75. The molecule has 2 N–H and O–H groups in total. The van der Waals surface area contributed by atoms with Gasteiger partial charge in [0.05, 0.1) is 12.5 Å². The number of esters is 1. The van der Waals surface area contributed by atoms with Crippen LogP contribution >= 0.6 is 0 Å². The first kappa shape index (κ1) is 20.0. The first-order valence-corrected chi connectivity index (χ1v) is 10.1. The zero-order valence-electron chi connectivity index (χ0n) is 17.4. The third-order valence-electron chi connectivity index (χ3n) is 5.73. The molecule has 2 atom stereocenters. The maximum absolute atomic E-state index is 11.7. The molecular weight excluding hydrogens is 342 g/mol. The average molecular weight is 376 g/mol. The molecule has 3 rings (SSSR count). The van der Waals surface area contributed by atoms with E-state index in [-0.39, 0.29) is 24.1 Å². The van der Waals surface area contributed by atoms with Crippen molar-refractivity contribution in [3.63, 3.8) is 0 Å². The molecule has 0 aromatic heterocycles. The van der Waals surface area contributed by atoms with E-state index in [1.165, 1.54) is 27.9 Å². The van der Waals surface area contributed by atoms with E-state index in [0.29, 0.717) is 18.8 Å². The monoisotopic (exact) mass is 375 g/mol. The van der Waals surface area contributed by atoms with Gasteiger partial charge in [-0.2, -0.15) is 0 Å². The highest BCUT2D eigenvalue weighted by molar-refractivity contribution is 5.71. The van der Waals surface area contributed by atoms with Gasteiger partial charge in [-0.15, -0.1) is 0 Å². The molecule has 1 aromatic carbocycles. The van der Waals surface area contributed by atoms with Crippen molar-refractivity contribution >= 4 is 11.7 Å². The Morgan fingerprint density at radius 2 is 2.04 bits per heavy atom. The highest BCUT2D eigenvalue weighted by atomic mass is 16.5. The van der Waals surface area contributed by atoms with E-state index in [2.05, 4.69) is 39.9 Å². The number of hydrogen-bond donors (Lipinski definition) is 2. The van der Waals surface area contributed by atoms with Crippen LogP contribution in [0.5, 0.6) is 5.75 Å². The third-order valence-corrected chi connectivity index (χ3v) is 5.73. The van der Waals surface area contributed by atoms with E-state index < -0.39 is 6.10 Å². The van der Waals surface area contributed by atoms with E-state index in [0.717, 1.165) is 18.6 Å². The molecule has 0 amide bonds. The van der Waals surface area contributed by atoms with E-state index in [1.807, 2.05) is 7.05 Å². The SMILES string of the molecule is CNc1c(C)c2c(c(CCC3CC(O)CC(=O)O3)c1C(C)C)OC(C)(C)C2. The molecule has 2 aliphatic heterocycles. The van der Waals surface area contributed by atoms with Crippen molar-refractivity contribution in [1.29, 1.82) is 0 Å². The highest BCUT2D eigenvalue weighted by Gasteiger charge is 2.36. The van der Waals surface area contributed by atoms with Gasteiger partial charge in [0.2, 0.25) is 0 Å². The van der Waals surface area contributed by atoms with Crippen molar-refractivity contribution in [2.75, 3.05) is 12.4 Å². The summed E-state index contributed by atoms with van der Waals surface area (Å²) in [4.78, 5) is 11.7. The summed E-state index contributed by atoms with van der Waals surface area (Å²) in [5, 5.41) is 13.3. The summed E-state index contributed by atoms with van der Waals surface area (Å²) < 4.78 is 11.9. The second-order valence-corrected chi connectivity index (χ2v) is 8.89. The molecule has 0 saturated carbocycles. The number of rotatable bonds is 5. The number of cyclic esters (lactones) is 1. The Balaban J connectivity index is 1.98. The molecule has 0 bridgehead atoms. The molecule has 0 radical (unpaired) electrons. The quantitative estimate of drug-likeness (QED) is 0.765. The number of carbonyl (C=O) groups is 1. The fourth-order valence-corrected chi connectivity index (χ4v) is 4.60. The number of fused-ring (bicyclic) bond motifs is 1. The highest BCUT2D eigenvalue weighted by Crippen LogP contribution is 2.47. The van der Waals surface area contributed by atoms with Gasteiger partial charge in [0.1, 0.15) is 17.5 Å². The summed E-state index contributed by atoms with van der Waals surface area (Å²) in [6, 6.07) is 0. The number of hydrogen-bond acceptors (Lipinski definition) is 5. The van der Waals surface area contributed by atoms with Gasteiger partial charge in [-0.1, -0.05) is 13.8 Å². The van der Waals surface area contributed by atoms with Crippen molar-refractivity contribution < 1.29 is 19.4 Å². The van der Waals surface area contributed by atoms with E-state index in [4.69, 9.17) is 9.47 Å². The standard InChI is InChI=1S/C22H33NO4/c1-12(2)19-16(8-7-15-9-14(24)10-18(25)26-15)21-17(11-22(4,5)27-21)13(3)20(19)23-6/h12,14-15,23-24H,7-11H2,1-6H3. The van der Waals surface area contributed by atoms with Crippen LogP contribution in [0.15, 0.2) is 0 Å². The Morgan fingerprint density at radius 3 is 2.63 bits per heavy atom. The van der Waals surface area contributed by atoms with E-state index >= 15 is 0 Å². The second-order valence-electron chi connectivity index (χ2n) is 8.89. The van der Waals surface area contributed by atoms with Crippen LogP contribution in [0.3, 0.4) is 0 Å². The summed E-state index contributed by atoms with van der Waals surface area (Å²) in [5.74, 6) is 1.06. The Morgan fingerprint density at radius 1 is 1.33 bits per heavy atom. The van der Waals surface area contributed by atoms with Gasteiger partial charge in [-0.05, 0) is 50.7 Å². The van der Waals surface area contributed by atoms with Crippen LogP contribution in [0.2, 0.25) is 0 Å². The predicted molar refractivity (Wildman–Crippen MR) is 107 cm³/mol. The number of ether oxygens (including phenoxy) is 2. The van der Waals surface area contributed by atoms with Crippen LogP contribution in [0.25, 0.3) is 0 Å². The molecule has 0 spiro atoms. The fourth-order valence-electron chi connectivity index (χ4n) is 4.60. The molecule has 0 aliphatic carbocycles. The molecule has 150 valence electrons. The van der Waals surface area contributed by atoms with Crippen LogP contribution in [0.4, 0.5) is 5.69 Å². The van der Waals surface area contributed by atoms with E-state index in [9.17, 15) is 9.90 Å². The lowest BCUT2D eigenvalue weighted by Crippen LogP contribution is -2.33. The first-order chi connectivity index (χ1) is 12.6. The number of nitrogens with one attached hydrogen (secondary N) is 1. The minimum absolute atomic E-state index is 0.106. The van der Waals surface area contributed by atoms with Crippen molar-refractivity contribution in [3.8, 4) is 5.75 Å². The van der Waals surface area contributed by atoms with Crippen LogP contribution in [-0.2, 0) is 22.4 Å². The molecule has 1 fully saturated rings. The number of anilines is 1. The second kappa shape index (κ2) is 7.34. The Bertz CT molecular complexity index is 739. The molecule has 2 heterocycles. The topological polar surface area (TPSA) is 67.8 Å². The lowest BCUT2D eigenvalue weighted by atomic mass is 9.85. The minimum atomic E-state index is -0.590. The summed E-state index contributed by atoms with van der Waals surface area (Å²) in [6.45, 7) is 10.8. The summed E-state index contributed by atoms with van der Waals surface area (Å²) in [5.41, 5.74) is 6.04. The van der Waals surface area contributed by atoms with Gasteiger partial charge >= 0.3 is 5.97 Å². The zero-order valence-corrected chi connectivity index (χ0v) is 17.4. The van der Waals surface area contributed by atoms with Gasteiger partial charge in [-0.25, -0.2) is 0 Å². The maximum Gasteiger partial charge on any atom is 0.308 e. The van der Waals surface area contributed by atoms with Gasteiger partial charge < -0.3 is 19.9 Å². The molecule has 5 nitrogen and oxygen atoms in total. The normalized spacial score (nSPS) is 23.8. The van der Waals surface area contributed by atoms with Gasteiger partial charge in [0.25, 0.3) is 0 Å². The van der Waals surface area contributed by atoms with Gasteiger partial charge in [0.15, 0.2) is 0 Å². The molecular formula is C22H33NO4. The smallest absolute Gasteiger partial charge is 0.308 e. The van der Waals surface area contributed by atoms with Crippen molar-refractivity contribution in [2.24, 2.45) is 0 Å². The molecule has 1 aromatic rings. The van der Waals surface area contributed by atoms with E-state index in [1.54, 1.807) is 0 Å². The van der Waals surface area contributed by atoms with Crippen molar-refractivity contribution in [1.82, 2.24) is 0 Å². The first-order valence-electron chi connectivity index (χ1n) is 10.1. The Kier molecular flexibility index (Phi) is 5.44. The lowest BCUT2D eigenvalue weighted by Gasteiger charge is -2.28. The van der Waals surface area contributed by atoms with Gasteiger partial charge in [-0.3, -0.25) is 4.79 Å². The average Bonchev–Trinajstić information content (AvgIpc) is 2.88. The van der Waals surface area contributed by atoms with Crippen molar-refractivity contribution in [3.05, 3.63) is 22.3 Å². The van der Waals surface area contributed by atoms with Gasteiger partial charge in [0, 0.05) is 36.7 Å². The zero-order chi connectivity index (χ0) is 19.9. The fraction of sp³-hybridized carbons (Fsp3) is 0.682.